The van der Waals surface area contributed by atoms with Crippen LogP contribution in [-0.4, -0.2) is 12.1 Å². The summed E-state index contributed by atoms with van der Waals surface area (Å²) in [7, 11) is 0. The molecule has 14 heavy (non-hydrogen) atoms. The van der Waals surface area contributed by atoms with E-state index in [9.17, 15) is 18.0 Å². The number of carbonyl (C=O) groups is 1. The standard InChI is InChI=1S/C9H7F3NO/c10-9(11,12)8(14)13-6-7-4-2-1-3-5-7/h1-5H,6H2. The molecular formula is C9H7F3NO. The maximum Gasteiger partial charge on any atom is 0.473 e. The molecule has 2 nitrogen and oxygen atoms in total. The minimum absolute atomic E-state index is 0.237. The Morgan fingerprint density at radius 1 is 1.21 bits per heavy atom. The van der Waals surface area contributed by atoms with Gasteiger partial charge >= 0.3 is 12.1 Å². The molecule has 0 bridgehead atoms. The summed E-state index contributed by atoms with van der Waals surface area (Å²) in [6.07, 6.45) is -4.87. The van der Waals surface area contributed by atoms with E-state index in [-0.39, 0.29) is 6.54 Å². The molecule has 1 amide bonds. The van der Waals surface area contributed by atoms with Crippen molar-refractivity contribution in [1.82, 2.24) is 5.32 Å². The smallest absolute Gasteiger partial charge is 0.262 e. The molecule has 0 aliphatic carbocycles. The van der Waals surface area contributed by atoms with Crippen molar-refractivity contribution in [2.75, 3.05) is 0 Å². The number of rotatable bonds is 2. The van der Waals surface area contributed by atoms with Gasteiger partial charge in [-0.25, -0.2) is 5.32 Å². The monoisotopic (exact) mass is 202 g/mol. The topological polar surface area (TPSA) is 31.2 Å². The lowest BCUT2D eigenvalue weighted by Gasteiger charge is -2.04. The Kier molecular flexibility index (Phi) is 3.11. The lowest BCUT2D eigenvalue weighted by molar-refractivity contribution is -0.174. The Bertz CT molecular complexity index is 308. The SMILES string of the molecule is O=C([N]Cc1ccccc1)C(F)(F)F. The first kappa shape index (κ1) is 10.6. The molecular weight excluding hydrogens is 195 g/mol. The number of amides is 1. The number of halogens is 3. The highest BCUT2D eigenvalue weighted by atomic mass is 19.4. The van der Waals surface area contributed by atoms with Gasteiger partial charge in [-0.1, -0.05) is 30.3 Å². The van der Waals surface area contributed by atoms with Crippen molar-refractivity contribution < 1.29 is 18.0 Å². The Labute approximate surface area is 78.7 Å². The highest BCUT2D eigenvalue weighted by Gasteiger charge is 2.39. The summed E-state index contributed by atoms with van der Waals surface area (Å²) >= 11 is 0. The van der Waals surface area contributed by atoms with Gasteiger partial charge in [0.25, 0.3) is 0 Å². The normalized spacial score (nSPS) is 11.1. The molecule has 1 radical (unpaired) electrons. The minimum atomic E-state index is -4.87. The van der Waals surface area contributed by atoms with E-state index in [2.05, 4.69) is 5.32 Å². The number of carbonyl (C=O) groups excluding carboxylic acids is 1. The van der Waals surface area contributed by atoms with Crippen LogP contribution in [0.4, 0.5) is 13.2 Å². The summed E-state index contributed by atoms with van der Waals surface area (Å²) in [6.45, 7) is -0.237. The van der Waals surface area contributed by atoms with E-state index in [1.807, 2.05) is 0 Å². The van der Waals surface area contributed by atoms with E-state index < -0.39 is 12.1 Å². The highest BCUT2D eigenvalue weighted by Crippen LogP contribution is 2.15. The van der Waals surface area contributed by atoms with Crippen LogP contribution in [0, 0.1) is 0 Å². The van der Waals surface area contributed by atoms with E-state index in [0.717, 1.165) is 0 Å². The Morgan fingerprint density at radius 3 is 2.29 bits per heavy atom. The summed E-state index contributed by atoms with van der Waals surface area (Å²) in [6, 6.07) is 8.28. The van der Waals surface area contributed by atoms with Crippen molar-refractivity contribution in [2.24, 2.45) is 0 Å². The van der Waals surface area contributed by atoms with Crippen LogP contribution in [0.1, 0.15) is 5.56 Å². The van der Waals surface area contributed by atoms with Crippen LogP contribution in [-0.2, 0) is 11.3 Å². The largest absolute Gasteiger partial charge is 0.473 e. The third-order valence-corrected chi connectivity index (χ3v) is 1.49. The molecule has 0 saturated heterocycles. The molecule has 1 aromatic rings. The molecule has 0 aliphatic heterocycles. The van der Waals surface area contributed by atoms with Crippen molar-refractivity contribution in [3.05, 3.63) is 35.9 Å². The molecule has 0 atom stereocenters. The fourth-order valence-corrected chi connectivity index (χ4v) is 0.836. The third-order valence-electron chi connectivity index (χ3n) is 1.49. The van der Waals surface area contributed by atoms with Crippen molar-refractivity contribution in [3.8, 4) is 0 Å². The number of nitrogens with zero attached hydrogens (tertiary/aromatic N) is 1. The highest BCUT2D eigenvalue weighted by molar-refractivity contribution is 5.81. The average Bonchev–Trinajstić information content (AvgIpc) is 2.14. The predicted octanol–water partition coefficient (Wildman–Crippen LogP) is 1.88. The van der Waals surface area contributed by atoms with Gasteiger partial charge in [0.15, 0.2) is 0 Å². The van der Waals surface area contributed by atoms with Crippen LogP contribution in [0.5, 0.6) is 0 Å². The Balaban J connectivity index is 2.46. The first-order valence-corrected chi connectivity index (χ1v) is 3.83. The number of alkyl halides is 3. The van der Waals surface area contributed by atoms with E-state index >= 15 is 0 Å². The zero-order chi connectivity index (χ0) is 10.6. The molecule has 0 aromatic heterocycles. The zero-order valence-corrected chi connectivity index (χ0v) is 7.08. The predicted molar refractivity (Wildman–Crippen MR) is 43.3 cm³/mol. The van der Waals surface area contributed by atoms with Crippen molar-refractivity contribution in [2.45, 2.75) is 12.7 Å². The van der Waals surface area contributed by atoms with Gasteiger partial charge in [0.05, 0.1) is 6.54 Å². The fraction of sp³-hybridized carbons (Fsp3) is 0.222. The average molecular weight is 202 g/mol. The van der Waals surface area contributed by atoms with E-state index in [1.54, 1.807) is 30.3 Å². The van der Waals surface area contributed by atoms with Crippen molar-refractivity contribution >= 4 is 5.91 Å². The fourth-order valence-electron chi connectivity index (χ4n) is 0.836. The maximum absolute atomic E-state index is 11.7. The Hall–Kier alpha value is -1.52. The summed E-state index contributed by atoms with van der Waals surface area (Å²) < 4.78 is 35.1. The summed E-state index contributed by atoms with van der Waals surface area (Å²) in [4.78, 5) is 10.3. The zero-order valence-electron chi connectivity index (χ0n) is 7.08. The van der Waals surface area contributed by atoms with Crippen LogP contribution < -0.4 is 5.32 Å². The van der Waals surface area contributed by atoms with Gasteiger partial charge in [-0.2, -0.15) is 13.2 Å². The third kappa shape index (κ3) is 3.08. The lowest BCUT2D eigenvalue weighted by atomic mass is 10.2. The van der Waals surface area contributed by atoms with E-state index in [1.165, 1.54) is 0 Å². The second kappa shape index (κ2) is 4.13. The minimum Gasteiger partial charge on any atom is -0.262 e. The van der Waals surface area contributed by atoms with Gasteiger partial charge in [-0.3, -0.25) is 4.79 Å². The van der Waals surface area contributed by atoms with Gasteiger partial charge in [-0.05, 0) is 5.56 Å². The quantitative estimate of drug-likeness (QED) is 0.720. The van der Waals surface area contributed by atoms with E-state index in [4.69, 9.17) is 0 Å². The van der Waals surface area contributed by atoms with Crippen LogP contribution in [0.25, 0.3) is 0 Å². The molecule has 1 aromatic carbocycles. The van der Waals surface area contributed by atoms with Crippen LogP contribution in [0.2, 0.25) is 0 Å². The summed E-state index contributed by atoms with van der Waals surface area (Å²) in [5, 5.41) is 2.90. The molecule has 0 spiro atoms. The maximum atomic E-state index is 11.7. The van der Waals surface area contributed by atoms with Crippen LogP contribution >= 0.6 is 0 Å². The van der Waals surface area contributed by atoms with Crippen LogP contribution in [0.15, 0.2) is 30.3 Å². The lowest BCUT2D eigenvalue weighted by Crippen LogP contribution is -2.31. The van der Waals surface area contributed by atoms with Gasteiger partial charge in [-0.15, -0.1) is 0 Å². The van der Waals surface area contributed by atoms with Crippen molar-refractivity contribution in [3.63, 3.8) is 0 Å². The van der Waals surface area contributed by atoms with Gasteiger partial charge in [0.2, 0.25) is 0 Å². The van der Waals surface area contributed by atoms with Gasteiger partial charge in [0.1, 0.15) is 0 Å². The molecule has 0 aliphatic rings. The first-order valence-electron chi connectivity index (χ1n) is 3.83. The Morgan fingerprint density at radius 2 is 1.79 bits per heavy atom. The molecule has 5 heteroatoms. The number of hydrogen-bond donors (Lipinski definition) is 0. The molecule has 0 saturated carbocycles. The van der Waals surface area contributed by atoms with Gasteiger partial charge in [0, 0.05) is 0 Å². The van der Waals surface area contributed by atoms with Crippen molar-refractivity contribution in [1.29, 1.82) is 0 Å². The van der Waals surface area contributed by atoms with Gasteiger partial charge < -0.3 is 0 Å². The second-order valence-corrected chi connectivity index (χ2v) is 2.60. The van der Waals surface area contributed by atoms with E-state index in [0.29, 0.717) is 5.56 Å². The summed E-state index contributed by atoms with van der Waals surface area (Å²) in [5.74, 6) is -2.04. The first-order chi connectivity index (χ1) is 6.50. The molecule has 0 unspecified atom stereocenters. The molecule has 1 rings (SSSR count). The molecule has 75 valence electrons. The number of hydrogen-bond acceptors (Lipinski definition) is 1. The second-order valence-electron chi connectivity index (χ2n) is 2.60. The molecule has 0 N–H and O–H groups in total. The molecule has 0 fully saturated rings. The number of benzene rings is 1. The molecule has 0 heterocycles. The summed E-state index contributed by atoms with van der Waals surface area (Å²) in [5.41, 5.74) is 0.574. The van der Waals surface area contributed by atoms with Crippen LogP contribution in [0.3, 0.4) is 0 Å².